The third-order valence-corrected chi connectivity index (χ3v) is 3.37. The summed E-state index contributed by atoms with van der Waals surface area (Å²) in [5.74, 6) is -0.00322. The van der Waals surface area contributed by atoms with E-state index in [2.05, 4.69) is 18.3 Å². The molecule has 2 aromatic carbocycles. The van der Waals surface area contributed by atoms with Crippen molar-refractivity contribution in [3.63, 3.8) is 0 Å². The van der Waals surface area contributed by atoms with E-state index in [0.29, 0.717) is 13.0 Å². The number of methoxy groups -OCH3 is 1. The highest BCUT2D eigenvalue weighted by Gasteiger charge is 2.07. The van der Waals surface area contributed by atoms with Gasteiger partial charge in [-0.05, 0) is 42.7 Å². The van der Waals surface area contributed by atoms with Gasteiger partial charge < -0.3 is 10.1 Å². The second kappa shape index (κ2) is 7.04. The average molecular weight is 283 g/mol. The van der Waals surface area contributed by atoms with E-state index in [0.717, 1.165) is 22.4 Å². The zero-order valence-electron chi connectivity index (χ0n) is 12.8. The molecule has 0 aliphatic rings. The van der Waals surface area contributed by atoms with Gasteiger partial charge in [-0.2, -0.15) is 0 Å². The molecule has 0 aromatic heterocycles. The smallest absolute Gasteiger partial charge is 0.228 e. The molecule has 110 valence electrons. The molecule has 3 nitrogen and oxygen atoms in total. The number of carbonyl (C=O) groups excluding carboxylic acids is 1. The van der Waals surface area contributed by atoms with Crippen molar-refractivity contribution in [2.24, 2.45) is 0 Å². The van der Waals surface area contributed by atoms with Gasteiger partial charge in [0.1, 0.15) is 0 Å². The quantitative estimate of drug-likeness (QED) is 0.910. The van der Waals surface area contributed by atoms with Crippen LogP contribution in [-0.2, 0) is 22.6 Å². The summed E-state index contributed by atoms with van der Waals surface area (Å²) in [6, 6.07) is 13.9. The fourth-order valence-electron chi connectivity index (χ4n) is 2.33. The lowest BCUT2D eigenvalue weighted by Gasteiger charge is -2.09. The maximum Gasteiger partial charge on any atom is 0.228 e. The molecule has 0 aliphatic carbocycles. The van der Waals surface area contributed by atoms with Crippen LogP contribution in [0.3, 0.4) is 0 Å². The number of benzene rings is 2. The Morgan fingerprint density at radius 1 is 1.14 bits per heavy atom. The predicted octanol–water partition coefficient (Wildman–Crippen LogP) is 3.63. The summed E-state index contributed by atoms with van der Waals surface area (Å²) in [6.45, 7) is 4.63. The van der Waals surface area contributed by atoms with E-state index in [1.165, 1.54) is 5.56 Å². The number of anilines is 1. The SMILES string of the molecule is COCc1cccc(NC(=O)Cc2ccc(C)cc2C)c1. The molecular formula is C18H21NO2. The monoisotopic (exact) mass is 283 g/mol. The Labute approximate surface area is 126 Å². The first-order valence-electron chi connectivity index (χ1n) is 7.02. The van der Waals surface area contributed by atoms with Crippen LogP contribution in [0, 0.1) is 13.8 Å². The van der Waals surface area contributed by atoms with E-state index in [1.54, 1.807) is 7.11 Å². The van der Waals surface area contributed by atoms with Gasteiger partial charge in [0.25, 0.3) is 0 Å². The Morgan fingerprint density at radius 2 is 1.95 bits per heavy atom. The van der Waals surface area contributed by atoms with E-state index in [4.69, 9.17) is 4.74 Å². The van der Waals surface area contributed by atoms with Gasteiger partial charge in [0.2, 0.25) is 5.91 Å². The van der Waals surface area contributed by atoms with Crippen LogP contribution < -0.4 is 5.32 Å². The number of amides is 1. The molecule has 1 amide bonds. The maximum atomic E-state index is 12.1. The van der Waals surface area contributed by atoms with E-state index < -0.39 is 0 Å². The summed E-state index contributed by atoms with van der Waals surface area (Å²) in [4.78, 5) is 12.1. The van der Waals surface area contributed by atoms with Gasteiger partial charge in [-0.3, -0.25) is 4.79 Å². The van der Waals surface area contributed by atoms with E-state index in [-0.39, 0.29) is 5.91 Å². The van der Waals surface area contributed by atoms with Crippen LogP contribution in [0.5, 0.6) is 0 Å². The molecule has 1 N–H and O–H groups in total. The molecule has 0 saturated heterocycles. The van der Waals surface area contributed by atoms with Crippen molar-refractivity contribution in [2.45, 2.75) is 26.9 Å². The number of aryl methyl sites for hydroxylation is 2. The molecule has 3 heteroatoms. The van der Waals surface area contributed by atoms with Crippen LogP contribution in [0.15, 0.2) is 42.5 Å². The second-order valence-electron chi connectivity index (χ2n) is 5.29. The van der Waals surface area contributed by atoms with Gasteiger partial charge in [-0.15, -0.1) is 0 Å². The fraction of sp³-hybridized carbons (Fsp3) is 0.278. The Balaban J connectivity index is 2.02. The molecule has 0 fully saturated rings. The van der Waals surface area contributed by atoms with Crippen LogP contribution in [-0.4, -0.2) is 13.0 Å². The fourth-order valence-corrected chi connectivity index (χ4v) is 2.33. The molecule has 2 rings (SSSR count). The number of nitrogens with one attached hydrogen (secondary N) is 1. The topological polar surface area (TPSA) is 38.3 Å². The Morgan fingerprint density at radius 3 is 2.67 bits per heavy atom. The van der Waals surface area contributed by atoms with Crippen LogP contribution >= 0.6 is 0 Å². The molecule has 0 saturated carbocycles. The Kier molecular flexibility index (Phi) is 5.12. The van der Waals surface area contributed by atoms with Crippen molar-refractivity contribution in [3.8, 4) is 0 Å². The van der Waals surface area contributed by atoms with Gasteiger partial charge in [0.15, 0.2) is 0 Å². The largest absolute Gasteiger partial charge is 0.380 e. The first-order chi connectivity index (χ1) is 10.1. The summed E-state index contributed by atoms with van der Waals surface area (Å²) < 4.78 is 5.10. The van der Waals surface area contributed by atoms with Gasteiger partial charge in [0.05, 0.1) is 13.0 Å². The molecule has 0 bridgehead atoms. The lowest BCUT2D eigenvalue weighted by atomic mass is 10.0. The molecule has 0 aliphatic heterocycles. The van der Waals surface area contributed by atoms with Crippen molar-refractivity contribution >= 4 is 11.6 Å². The highest BCUT2D eigenvalue weighted by molar-refractivity contribution is 5.92. The molecule has 0 heterocycles. The standard InChI is InChI=1S/C18H21NO2/c1-13-7-8-16(14(2)9-13)11-18(20)19-17-6-4-5-15(10-17)12-21-3/h4-10H,11-12H2,1-3H3,(H,19,20). The van der Waals surface area contributed by atoms with Crippen molar-refractivity contribution < 1.29 is 9.53 Å². The summed E-state index contributed by atoms with van der Waals surface area (Å²) in [6.07, 6.45) is 0.390. The number of hydrogen-bond acceptors (Lipinski definition) is 2. The van der Waals surface area contributed by atoms with Gasteiger partial charge >= 0.3 is 0 Å². The van der Waals surface area contributed by atoms with Crippen molar-refractivity contribution in [1.82, 2.24) is 0 Å². The van der Waals surface area contributed by atoms with Crippen LogP contribution in [0.2, 0.25) is 0 Å². The van der Waals surface area contributed by atoms with Crippen LogP contribution in [0.4, 0.5) is 5.69 Å². The molecule has 0 unspecified atom stereocenters. The van der Waals surface area contributed by atoms with Gasteiger partial charge in [-0.25, -0.2) is 0 Å². The molecule has 0 radical (unpaired) electrons. The Hall–Kier alpha value is -2.13. The highest BCUT2D eigenvalue weighted by Crippen LogP contribution is 2.14. The Bertz CT molecular complexity index is 635. The summed E-state index contributed by atoms with van der Waals surface area (Å²) in [5.41, 5.74) is 5.27. The molecule has 0 atom stereocenters. The minimum Gasteiger partial charge on any atom is -0.380 e. The van der Waals surface area contributed by atoms with E-state index in [9.17, 15) is 4.79 Å². The lowest BCUT2D eigenvalue weighted by Crippen LogP contribution is -2.15. The summed E-state index contributed by atoms with van der Waals surface area (Å²) >= 11 is 0. The first kappa shape index (κ1) is 15.3. The number of hydrogen-bond donors (Lipinski definition) is 1. The molecule has 0 spiro atoms. The third-order valence-electron chi connectivity index (χ3n) is 3.37. The maximum absolute atomic E-state index is 12.1. The van der Waals surface area contributed by atoms with Gasteiger partial charge in [0, 0.05) is 12.8 Å². The average Bonchev–Trinajstić information content (AvgIpc) is 2.43. The predicted molar refractivity (Wildman–Crippen MR) is 85.4 cm³/mol. The summed E-state index contributed by atoms with van der Waals surface area (Å²) in [5, 5.41) is 2.94. The van der Waals surface area contributed by atoms with Crippen molar-refractivity contribution in [3.05, 3.63) is 64.7 Å². The minimum atomic E-state index is -0.00322. The highest BCUT2D eigenvalue weighted by atomic mass is 16.5. The first-order valence-corrected chi connectivity index (χ1v) is 7.02. The third kappa shape index (κ3) is 4.43. The number of ether oxygens (including phenoxy) is 1. The molecule has 2 aromatic rings. The lowest BCUT2D eigenvalue weighted by molar-refractivity contribution is -0.115. The number of rotatable bonds is 5. The van der Waals surface area contributed by atoms with Crippen LogP contribution in [0.1, 0.15) is 22.3 Å². The minimum absolute atomic E-state index is 0.00322. The van der Waals surface area contributed by atoms with Crippen molar-refractivity contribution in [1.29, 1.82) is 0 Å². The van der Waals surface area contributed by atoms with E-state index >= 15 is 0 Å². The molecule has 21 heavy (non-hydrogen) atoms. The normalized spacial score (nSPS) is 10.4. The molecular weight excluding hydrogens is 262 g/mol. The van der Waals surface area contributed by atoms with Crippen molar-refractivity contribution in [2.75, 3.05) is 12.4 Å². The van der Waals surface area contributed by atoms with Gasteiger partial charge in [-0.1, -0.05) is 35.9 Å². The van der Waals surface area contributed by atoms with Crippen LogP contribution in [0.25, 0.3) is 0 Å². The van der Waals surface area contributed by atoms with E-state index in [1.807, 2.05) is 43.3 Å². The summed E-state index contributed by atoms with van der Waals surface area (Å²) in [7, 11) is 1.66. The zero-order valence-corrected chi connectivity index (χ0v) is 12.8. The number of carbonyl (C=O) groups is 1. The zero-order chi connectivity index (χ0) is 15.2. The second-order valence-corrected chi connectivity index (χ2v) is 5.29.